The average Bonchev–Trinajstić information content (AvgIpc) is 2.91. The highest BCUT2D eigenvalue weighted by Crippen LogP contribution is 2.30. The summed E-state index contributed by atoms with van der Waals surface area (Å²) >= 11 is 0. The minimum Gasteiger partial charge on any atom is -0.462 e. The fourth-order valence-electron chi connectivity index (χ4n) is 6.77. The molecule has 27 nitrogen and oxygen atoms in total. The zero-order chi connectivity index (χ0) is 62.6. The number of carbonyl (C=O) groups is 7. The lowest BCUT2D eigenvalue weighted by Crippen LogP contribution is -2.55. The first-order valence-electron chi connectivity index (χ1n) is 26.9. The summed E-state index contributed by atoms with van der Waals surface area (Å²) in [5, 5.41) is 0. The molecule has 0 bridgehead atoms. The molecule has 86 heavy (non-hydrogen) atoms. The maximum Gasteiger partial charge on any atom is 0.336 e. The molecule has 1 aromatic heterocycles. The van der Waals surface area contributed by atoms with Crippen LogP contribution in [0.1, 0.15) is 54.9 Å². The van der Waals surface area contributed by atoms with E-state index in [4.69, 9.17) is 66.3 Å². The van der Waals surface area contributed by atoms with E-state index in [2.05, 4.69) is 53.0 Å². The molecule has 0 N–H and O–H groups in total. The Hall–Kier alpha value is -7.40. The lowest BCUT2D eigenvalue weighted by molar-refractivity contribution is -0.158. The van der Waals surface area contributed by atoms with E-state index in [0.717, 1.165) is 68.8 Å². The Labute approximate surface area is 502 Å². The average molecular weight is 1220 g/mol. The van der Waals surface area contributed by atoms with Crippen molar-refractivity contribution in [3.8, 4) is 0 Å². The van der Waals surface area contributed by atoms with E-state index >= 15 is 0 Å². The lowest BCUT2D eigenvalue weighted by Gasteiger charge is -2.35. The molecule has 3 aliphatic heterocycles. The smallest absolute Gasteiger partial charge is 0.336 e. The molecule has 3 saturated heterocycles. The molecule has 1 aromatic rings. The zero-order valence-corrected chi connectivity index (χ0v) is 48.3. The number of nitrogens with zero attached hydrogens (tertiary/aromatic N) is 3. The first kappa shape index (κ1) is 78.6. The minimum atomic E-state index is -0.992. The number of aromatic nitrogens is 3. The van der Waals surface area contributed by atoms with Gasteiger partial charge in [0, 0.05) is 47.9 Å². The van der Waals surface area contributed by atoms with Gasteiger partial charge in [0.05, 0.1) is 103 Å². The molecule has 0 aromatic carbocycles. The second kappa shape index (κ2) is 42.4. The first-order valence-corrected chi connectivity index (χ1v) is 26.9. The number of carbonyl (C=O) groups excluding carboxylic acids is 7. The fraction of sp³-hybridized carbons (Fsp3) is 0.593. The van der Waals surface area contributed by atoms with Gasteiger partial charge < -0.3 is 66.3 Å². The van der Waals surface area contributed by atoms with Gasteiger partial charge in [-0.2, -0.15) is 0 Å². The third-order valence-corrected chi connectivity index (χ3v) is 12.7. The van der Waals surface area contributed by atoms with Crippen LogP contribution in [-0.4, -0.2) is 193 Å². The third-order valence-electron chi connectivity index (χ3n) is 12.7. The van der Waals surface area contributed by atoms with Crippen LogP contribution < -0.4 is 17.1 Å². The van der Waals surface area contributed by atoms with Crippen LogP contribution in [-0.2, 0) is 120 Å². The van der Waals surface area contributed by atoms with Crippen molar-refractivity contribution in [3.05, 3.63) is 120 Å². The molecule has 484 valence electrons. The maximum absolute atomic E-state index is 12.6. The van der Waals surface area contributed by atoms with Gasteiger partial charge in [0.2, 0.25) is 0 Å². The van der Waals surface area contributed by atoms with Crippen LogP contribution in [0.5, 0.6) is 0 Å². The summed E-state index contributed by atoms with van der Waals surface area (Å²) < 4.78 is 76.0. The number of ether oxygens (including phenoxy) is 14. The lowest BCUT2D eigenvalue weighted by atomic mass is 9.86. The monoisotopic (exact) mass is 1220 g/mol. The molecule has 0 aliphatic carbocycles. The van der Waals surface area contributed by atoms with Crippen LogP contribution in [0.25, 0.3) is 0 Å². The molecular weight excluding hydrogens is 1130 g/mol. The Bertz CT molecular complexity index is 2260. The van der Waals surface area contributed by atoms with Crippen LogP contribution >= 0.6 is 0 Å². The highest BCUT2D eigenvalue weighted by Gasteiger charge is 2.38. The molecule has 27 heteroatoms. The van der Waals surface area contributed by atoms with E-state index in [9.17, 15) is 47.9 Å². The summed E-state index contributed by atoms with van der Waals surface area (Å²) in [6.45, 7) is 33.0. The number of hydrogen-bond acceptors (Lipinski definition) is 24. The number of hydrogen-bond donors (Lipinski definition) is 0. The van der Waals surface area contributed by atoms with Gasteiger partial charge in [-0.3, -0.25) is 0 Å². The molecule has 4 heterocycles. The van der Waals surface area contributed by atoms with Crippen LogP contribution in [0.4, 0.5) is 0 Å². The first-order chi connectivity index (χ1) is 40.2. The summed E-state index contributed by atoms with van der Waals surface area (Å²) in [7, 11) is 0. The van der Waals surface area contributed by atoms with Crippen molar-refractivity contribution in [2.24, 2.45) is 16.2 Å². The van der Waals surface area contributed by atoms with Crippen molar-refractivity contribution in [2.75, 3.05) is 119 Å². The quantitative estimate of drug-likeness (QED) is 0.0393. The summed E-state index contributed by atoms with van der Waals surface area (Å²) in [4.78, 5) is 118. The number of epoxide rings is 3. The van der Waals surface area contributed by atoms with Crippen molar-refractivity contribution in [2.45, 2.75) is 92.8 Å². The second-order valence-electron chi connectivity index (χ2n) is 19.1. The molecule has 3 unspecified atom stereocenters. The van der Waals surface area contributed by atoms with Gasteiger partial charge in [0.15, 0.2) is 0 Å². The topological polar surface area (TPSA) is 325 Å². The van der Waals surface area contributed by atoms with Gasteiger partial charge in [-0.05, 0) is 19.3 Å². The van der Waals surface area contributed by atoms with Gasteiger partial charge in [0.1, 0.15) is 64.6 Å². The van der Waals surface area contributed by atoms with Crippen LogP contribution in [0.2, 0.25) is 0 Å². The predicted molar refractivity (Wildman–Crippen MR) is 311 cm³/mol. The van der Waals surface area contributed by atoms with Crippen LogP contribution in [0.3, 0.4) is 0 Å². The van der Waals surface area contributed by atoms with E-state index in [1.165, 1.54) is 0 Å². The summed E-state index contributed by atoms with van der Waals surface area (Å²) in [5.41, 5.74) is -4.78. The molecule has 3 fully saturated rings. The van der Waals surface area contributed by atoms with E-state index in [-0.39, 0.29) is 99.4 Å². The Morgan fingerprint density at radius 3 is 0.779 bits per heavy atom. The van der Waals surface area contributed by atoms with Crippen molar-refractivity contribution in [1.29, 1.82) is 0 Å². The standard InChI is InChI=1S/C24H34O9.C18H21N3O9.C15H26O6.2CH4/c1-7-19(25)30-15-23(11-5,16-31-20(26)8-2)13-29-14-24(12-6,17-32-21(27)9-3)18-33-22(28)10-4;1-4-13(22)28-10-7-19-16(25)20(8-11-29-14(23)5-2)18(27)21(17(19)26)9-12-30-15(24)6-3;1-2-15(9-16-3-12-6-19-12,10-17-4-13-7-20-13)11-18-5-14-8-21-14;;/h7-10H,1-4,11-18H2,5-6H3;4-6H,1-3,7-12H2;12-14H,2-11H2,1H3;2*1H4. The molecule has 0 radical (unpaired) electrons. The second-order valence-corrected chi connectivity index (χ2v) is 19.1. The Balaban J connectivity index is 0.00000127. The molecule has 0 amide bonds. The summed E-state index contributed by atoms with van der Waals surface area (Å²) in [6, 6.07) is 0. The summed E-state index contributed by atoms with van der Waals surface area (Å²) in [5.74, 6) is -4.79. The molecule has 4 rings (SSSR count). The Morgan fingerprint density at radius 1 is 0.384 bits per heavy atom. The van der Waals surface area contributed by atoms with Crippen molar-refractivity contribution >= 4 is 41.8 Å². The number of esters is 7. The minimum absolute atomic E-state index is 0. The van der Waals surface area contributed by atoms with Crippen molar-refractivity contribution in [1.82, 2.24) is 13.7 Å². The molecule has 0 saturated carbocycles. The van der Waals surface area contributed by atoms with E-state index < -0.39 is 69.7 Å². The Morgan fingerprint density at radius 2 is 0.581 bits per heavy atom. The third kappa shape index (κ3) is 30.6. The van der Waals surface area contributed by atoms with Gasteiger partial charge >= 0.3 is 58.9 Å². The van der Waals surface area contributed by atoms with Crippen LogP contribution in [0, 0.1) is 16.2 Å². The Kier molecular flexibility index (Phi) is 38.8. The van der Waals surface area contributed by atoms with E-state index in [1.54, 1.807) is 0 Å². The SMILES string of the molecule is C.C.C=CC(=O)OCC(CC)(COCC(CC)(COC(=O)C=C)COC(=O)C=C)COC(=O)C=C.C=CC(=O)OCCn1c(=O)n(CCOC(=O)C=C)c(=O)n(CCOC(=O)C=C)c1=O.CCC(COCC1CO1)(COCC1CO1)COCC1CO1. The van der Waals surface area contributed by atoms with E-state index in [1.807, 2.05) is 13.8 Å². The van der Waals surface area contributed by atoms with Crippen LogP contribution in [0.15, 0.2) is 103 Å². The van der Waals surface area contributed by atoms with Gasteiger partial charge in [-0.15, -0.1) is 0 Å². The van der Waals surface area contributed by atoms with Gasteiger partial charge in [-0.1, -0.05) is 81.7 Å². The van der Waals surface area contributed by atoms with Gasteiger partial charge in [0.25, 0.3) is 0 Å². The molecule has 3 atom stereocenters. The normalized spacial score (nSPS) is 15.7. The maximum atomic E-state index is 12.6. The molecule has 0 spiro atoms. The molecule has 3 aliphatic rings. The number of rotatable bonds is 43. The highest BCUT2D eigenvalue weighted by molar-refractivity contribution is 5.83. The predicted octanol–water partition coefficient (Wildman–Crippen LogP) is 2.97. The fourth-order valence-corrected chi connectivity index (χ4v) is 6.77. The van der Waals surface area contributed by atoms with Crippen molar-refractivity contribution in [3.63, 3.8) is 0 Å². The van der Waals surface area contributed by atoms with Crippen molar-refractivity contribution < 1.29 is 99.9 Å². The molecular formula is C59H89N3O24. The zero-order valence-electron chi connectivity index (χ0n) is 48.3. The van der Waals surface area contributed by atoms with Gasteiger partial charge in [-0.25, -0.2) is 61.6 Å². The van der Waals surface area contributed by atoms with E-state index in [0.29, 0.717) is 84.5 Å². The summed E-state index contributed by atoms with van der Waals surface area (Å²) in [6.07, 6.45) is 9.55. The highest BCUT2D eigenvalue weighted by atomic mass is 16.6. The largest absolute Gasteiger partial charge is 0.462 e.